The van der Waals surface area contributed by atoms with Crippen LogP contribution in [0, 0.1) is 10.1 Å². The van der Waals surface area contributed by atoms with Crippen LogP contribution in [0.5, 0.6) is 0 Å². The molecule has 1 heterocycles. The molecule has 9 nitrogen and oxygen atoms in total. The molecule has 1 rings (SSSR count). The number of ether oxygens (including phenoxy) is 1. The van der Waals surface area contributed by atoms with Crippen LogP contribution in [0.15, 0.2) is 6.20 Å². The number of hydrogen-bond donors (Lipinski definition) is 2. The third-order valence-electron chi connectivity index (χ3n) is 3.27. The first-order chi connectivity index (χ1) is 10.1. The predicted octanol–water partition coefficient (Wildman–Crippen LogP) is 1.31. The van der Waals surface area contributed by atoms with Crippen molar-refractivity contribution >= 4 is 17.5 Å². The van der Waals surface area contributed by atoms with Crippen LogP contribution in [0.25, 0.3) is 0 Å². The summed E-state index contributed by atoms with van der Waals surface area (Å²) in [5.41, 5.74) is 2.18. The number of hydrogen-bond acceptors (Lipinski definition) is 8. The number of nitrogens with zero attached hydrogens (tertiary/aromatic N) is 4. The summed E-state index contributed by atoms with van der Waals surface area (Å²) in [5.74, 6) is 5.70. The first kappa shape index (κ1) is 17.1. The fourth-order valence-corrected chi connectivity index (χ4v) is 2.16. The maximum absolute atomic E-state index is 11.2. The first-order valence-corrected chi connectivity index (χ1v) is 6.82. The van der Waals surface area contributed by atoms with Gasteiger partial charge in [-0.15, -0.1) is 0 Å². The maximum Gasteiger partial charge on any atom is 0.329 e. The smallest absolute Gasteiger partial charge is 0.329 e. The number of aromatic nitrogens is 2. The number of methoxy groups -OCH3 is 1. The molecule has 0 unspecified atom stereocenters. The van der Waals surface area contributed by atoms with Crippen molar-refractivity contribution in [3.8, 4) is 0 Å². The quantitative estimate of drug-likeness (QED) is 0.398. The van der Waals surface area contributed by atoms with E-state index in [-0.39, 0.29) is 23.5 Å². The van der Waals surface area contributed by atoms with Crippen molar-refractivity contribution in [3.63, 3.8) is 0 Å². The molecule has 0 saturated heterocycles. The van der Waals surface area contributed by atoms with Crippen molar-refractivity contribution in [1.82, 2.24) is 9.97 Å². The molecule has 3 N–H and O–H groups in total. The number of nitrogens with one attached hydrogen (secondary N) is 1. The summed E-state index contributed by atoms with van der Waals surface area (Å²) in [6.45, 7) is 5.01. The Kier molecular flexibility index (Phi) is 6.76. The van der Waals surface area contributed by atoms with Gasteiger partial charge in [-0.2, -0.15) is 4.98 Å². The number of nitrogens with two attached hydrogens (primary N) is 1. The van der Waals surface area contributed by atoms with E-state index in [2.05, 4.69) is 15.4 Å². The van der Waals surface area contributed by atoms with Gasteiger partial charge in [0.15, 0.2) is 0 Å². The van der Waals surface area contributed by atoms with Crippen LogP contribution in [-0.4, -0.2) is 41.2 Å². The van der Waals surface area contributed by atoms with Gasteiger partial charge in [0.2, 0.25) is 11.8 Å². The molecule has 118 valence electrons. The molecule has 0 aliphatic heterocycles. The van der Waals surface area contributed by atoms with Crippen molar-refractivity contribution in [1.29, 1.82) is 0 Å². The monoisotopic (exact) mass is 298 g/mol. The van der Waals surface area contributed by atoms with Gasteiger partial charge >= 0.3 is 5.69 Å². The lowest BCUT2D eigenvalue weighted by atomic mass is 10.1. The fourth-order valence-electron chi connectivity index (χ4n) is 2.16. The number of hydrazine groups is 1. The number of anilines is 2. The summed E-state index contributed by atoms with van der Waals surface area (Å²) < 4.78 is 5.09. The van der Waals surface area contributed by atoms with Crippen molar-refractivity contribution in [3.05, 3.63) is 16.3 Å². The standard InChI is InChI=1S/C12H22N6O3/c1-4-9(5-2)17(6-7-21-3)11-10(18(19)20)8-14-12(15-11)16-13/h8-9H,4-7,13H2,1-3H3,(H,14,15,16). The second-order valence-corrected chi connectivity index (χ2v) is 4.46. The minimum Gasteiger partial charge on any atom is -0.383 e. The molecule has 0 radical (unpaired) electrons. The molecule has 0 saturated carbocycles. The summed E-state index contributed by atoms with van der Waals surface area (Å²) in [5, 5.41) is 11.2. The zero-order chi connectivity index (χ0) is 15.8. The van der Waals surface area contributed by atoms with Crippen molar-refractivity contribution < 1.29 is 9.66 Å². The van der Waals surface area contributed by atoms with Gasteiger partial charge in [-0.05, 0) is 12.8 Å². The highest BCUT2D eigenvalue weighted by Crippen LogP contribution is 2.29. The Hall–Kier alpha value is -2.00. The summed E-state index contributed by atoms with van der Waals surface area (Å²) >= 11 is 0. The van der Waals surface area contributed by atoms with Gasteiger partial charge < -0.3 is 9.64 Å². The highest BCUT2D eigenvalue weighted by Gasteiger charge is 2.26. The predicted molar refractivity (Wildman–Crippen MR) is 80.1 cm³/mol. The van der Waals surface area contributed by atoms with Gasteiger partial charge in [0.25, 0.3) is 0 Å². The molecule has 1 aromatic heterocycles. The summed E-state index contributed by atoms with van der Waals surface area (Å²) in [7, 11) is 1.59. The van der Waals surface area contributed by atoms with Crippen LogP contribution in [-0.2, 0) is 4.74 Å². The Bertz CT molecular complexity index is 466. The SMILES string of the molecule is CCC(CC)N(CCOC)c1nc(NN)ncc1[N+](=O)[O-]. The average Bonchev–Trinajstić information content (AvgIpc) is 2.50. The van der Waals surface area contributed by atoms with Crippen molar-refractivity contribution in [2.45, 2.75) is 32.7 Å². The topological polar surface area (TPSA) is 119 Å². The molecule has 0 aliphatic carbocycles. The van der Waals surface area contributed by atoms with E-state index in [0.717, 1.165) is 12.8 Å². The fraction of sp³-hybridized carbons (Fsp3) is 0.667. The van der Waals surface area contributed by atoms with Gasteiger partial charge in [0.05, 0.1) is 11.5 Å². The Morgan fingerprint density at radius 2 is 2.19 bits per heavy atom. The molecule has 0 fully saturated rings. The number of nitro groups is 1. The molecule has 21 heavy (non-hydrogen) atoms. The van der Waals surface area contributed by atoms with Crippen molar-refractivity contribution in [2.24, 2.45) is 5.84 Å². The molecular weight excluding hydrogens is 276 g/mol. The molecule has 0 aliphatic rings. The van der Waals surface area contributed by atoms with Gasteiger partial charge in [-0.25, -0.2) is 10.8 Å². The van der Waals surface area contributed by atoms with Crippen LogP contribution in [0.3, 0.4) is 0 Å². The first-order valence-electron chi connectivity index (χ1n) is 6.82. The maximum atomic E-state index is 11.2. The van der Waals surface area contributed by atoms with Crippen LogP contribution in [0.4, 0.5) is 17.5 Å². The second kappa shape index (κ2) is 8.32. The summed E-state index contributed by atoms with van der Waals surface area (Å²) in [6.07, 6.45) is 2.85. The Morgan fingerprint density at radius 3 is 2.67 bits per heavy atom. The largest absolute Gasteiger partial charge is 0.383 e. The Morgan fingerprint density at radius 1 is 1.52 bits per heavy atom. The molecule has 1 aromatic rings. The minimum absolute atomic E-state index is 0.124. The molecule has 0 spiro atoms. The number of rotatable bonds is 9. The molecular formula is C12H22N6O3. The second-order valence-electron chi connectivity index (χ2n) is 4.46. The molecule has 0 bridgehead atoms. The normalized spacial score (nSPS) is 10.7. The van der Waals surface area contributed by atoms with Crippen LogP contribution >= 0.6 is 0 Å². The van der Waals surface area contributed by atoms with E-state index >= 15 is 0 Å². The molecule has 0 amide bonds. The third kappa shape index (κ3) is 4.23. The van der Waals surface area contributed by atoms with Gasteiger partial charge in [-0.3, -0.25) is 15.5 Å². The Labute approximate surface area is 123 Å². The van der Waals surface area contributed by atoms with E-state index in [0.29, 0.717) is 13.2 Å². The Balaban J connectivity index is 3.28. The summed E-state index contributed by atoms with van der Waals surface area (Å²) in [6, 6.07) is 0.124. The lowest BCUT2D eigenvalue weighted by Gasteiger charge is -2.31. The molecule has 9 heteroatoms. The molecule has 0 atom stereocenters. The van der Waals surface area contributed by atoms with E-state index in [4.69, 9.17) is 10.6 Å². The van der Waals surface area contributed by atoms with Crippen LogP contribution < -0.4 is 16.2 Å². The van der Waals surface area contributed by atoms with E-state index in [1.807, 2.05) is 18.7 Å². The third-order valence-corrected chi connectivity index (χ3v) is 3.27. The van der Waals surface area contributed by atoms with Gasteiger partial charge in [0, 0.05) is 19.7 Å². The van der Waals surface area contributed by atoms with Crippen LogP contribution in [0.1, 0.15) is 26.7 Å². The van der Waals surface area contributed by atoms with E-state index in [9.17, 15) is 10.1 Å². The number of nitrogen functional groups attached to an aromatic ring is 1. The minimum atomic E-state index is -0.488. The lowest BCUT2D eigenvalue weighted by Crippen LogP contribution is -2.38. The van der Waals surface area contributed by atoms with E-state index < -0.39 is 4.92 Å². The van der Waals surface area contributed by atoms with Gasteiger partial charge in [0.1, 0.15) is 6.20 Å². The lowest BCUT2D eigenvalue weighted by molar-refractivity contribution is -0.384. The average molecular weight is 298 g/mol. The molecule has 0 aromatic carbocycles. The van der Waals surface area contributed by atoms with Crippen LogP contribution in [0.2, 0.25) is 0 Å². The van der Waals surface area contributed by atoms with Gasteiger partial charge in [-0.1, -0.05) is 13.8 Å². The highest BCUT2D eigenvalue weighted by molar-refractivity contribution is 5.59. The van der Waals surface area contributed by atoms with Crippen molar-refractivity contribution in [2.75, 3.05) is 30.6 Å². The highest BCUT2D eigenvalue weighted by atomic mass is 16.6. The zero-order valence-electron chi connectivity index (χ0n) is 12.6. The summed E-state index contributed by atoms with van der Waals surface area (Å²) in [4.78, 5) is 20.6. The van der Waals surface area contributed by atoms with E-state index in [1.165, 1.54) is 6.20 Å². The zero-order valence-corrected chi connectivity index (χ0v) is 12.6. The van der Waals surface area contributed by atoms with E-state index in [1.54, 1.807) is 7.11 Å².